The maximum absolute atomic E-state index is 9.14. The van der Waals surface area contributed by atoms with Crippen LogP contribution in [-0.2, 0) is 0 Å². The Morgan fingerprint density at radius 2 is 2.22 bits per heavy atom. The summed E-state index contributed by atoms with van der Waals surface area (Å²) in [6.07, 6.45) is 2.23. The van der Waals surface area contributed by atoms with Crippen molar-refractivity contribution in [3.05, 3.63) is 12.2 Å². The predicted octanol–water partition coefficient (Wildman–Crippen LogP) is 0.415. The summed E-state index contributed by atoms with van der Waals surface area (Å²) in [5.74, 6) is 0. The lowest BCUT2D eigenvalue weighted by molar-refractivity contribution is 0.173. The van der Waals surface area contributed by atoms with Crippen LogP contribution in [0.15, 0.2) is 12.2 Å². The van der Waals surface area contributed by atoms with E-state index in [1.807, 2.05) is 0 Å². The Hall–Kier alpha value is -0.340. The van der Waals surface area contributed by atoms with Crippen LogP contribution in [0.5, 0.6) is 0 Å². The second kappa shape index (κ2) is 2.50. The first-order valence-electron chi connectivity index (χ1n) is 3.31. The first-order valence-corrected chi connectivity index (χ1v) is 3.31. The third-order valence-electron chi connectivity index (χ3n) is 1.81. The van der Waals surface area contributed by atoms with Gasteiger partial charge >= 0.3 is 0 Å². The zero-order valence-electron chi connectivity index (χ0n) is 5.51. The molecule has 0 bridgehead atoms. The van der Waals surface area contributed by atoms with Gasteiger partial charge in [0, 0.05) is 6.04 Å². The summed E-state index contributed by atoms with van der Waals surface area (Å²) in [5.41, 5.74) is 6.51. The van der Waals surface area contributed by atoms with E-state index >= 15 is 0 Å². The second-order valence-electron chi connectivity index (χ2n) is 2.72. The van der Waals surface area contributed by atoms with E-state index in [1.165, 1.54) is 0 Å². The van der Waals surface area contributed by atoms with E-state index < -0.39 is 0 Å². The smallest absolute Gasteiger partial charge is 0.0748 e. The molecule has 1 aliphatic rings. The molecule has 2 nitrogen and oxygen atoms in total. The number of hydrogen-bond acceptors (Lipinski definition) is 2. The quantitative estimate of drug-likeness (QED) is 0.463. The Balaban J connectivity index is 2.44. The van der Waals surface area contributed by atoms with Gasteiger partial charge in [-0.15, -0.1) is 0 Å². The van der Waals surface area contributed by atoms with Gasteiger partial charge in [-0.25, -0.2) is 0 Å². The fourth-order valence-electron chi connectivity index (χ4n) is 1.15. The van der Waals surface area contributed by atoms with Gasteiger partial charge in [0.1, 0.15) is 0 Å². The molecule has 52 valence electrons. The van der Waals surface area contributed by atoms with Crippen molar-refractivity contribution >= 4 is 0 Å². The summed E-state index contributed by atoms with van der Waals surface area (Å²) in [4.78, 5) is 0. The minimum absolute atomic E-state index is 0.237. The van der Waals surface area contributed by atoms with Gasteiger partial charge < -0.3 is 10.8 Å². The monoisotopic (exact) mass is 127 g/mol. The minimum atomic E-state index is -0.287. The van der Waals surface area contributed by atoms with E-state index in [0.29, 0.717) is 0 Å². The van der Waals surface area contributed by atoms with Gasteiger partial charge in [0.2, 0.25) is 0 Å². The zero-order chi connectivity index (χ0) is 6.85. The minimum Gasteiger partial charge on any atom is -0.389 e. The number of nitrogens with two attached hydrogens (primary N) is 1. The molecule has 0 aromatic rings. The Morgan fingerprint density at radius 1 is 1.56 bits per heavy atom. The van der Waals surface area contributed by atoms with Crippen LogP contribution in [0, 0.1) is 0 Å². The van der Waals surface area contributed by atoms with E-state index in [2.05, 4.69) is 6.58 Å². The van der Waals surface area contributed by atoms with Crippen LogP contribution in [0.2, 0.25) is 0 Å². The summed E-state index contributed by atoms with van der Waals surface area (Å²) in [5, 5.41) is 9.14. The molecule has 9 heavy (non-hydrogen) atoms. The highest BCUT2D eigenvalue weighted by atomic mass is 16.3. The molecule has 0 amide bonds. The van der Waals surface area contributed by atoms with Crippen LogP contribution in [0.25, 0.3) is 0 Å². The van der Waals surface area contributed by atoms with E-state index in [-0.39, 0.29) is 12.1 Å². The predicted molar refractivity (Wildman–Crippen MR) is 37.0 cm³/mol. The molecule has 0 saturated heterocycles. The van der Waals surface area contributed by atoms with Crippen molar-refractivity contribution in [2.75, 3.05) is 0 Å². The van der Waals surface area contributed by atoms with Gasteiger partial charge in [-0.1, -0.05) is 6.58 Å². The van der Waals surface area contributed by atoms with Gasteiger partial charge in [-0.2, -0.15) is 0 Å². The van der Waals surface area contributed by atoms with Gasteiger partial charge in [-0.3, -0.25) is 0 Å². The molecule has 0 spiro atoms. The highest BCUT2D eigenvalue weighted by Crippen LogP contribution is 2.20. The lowest BCUT2D eigenvalue weighted by Gasteiger charge is -2.24. The number of aliphatic hydroxyl groups is 1. The molecule has 1 fully saturated rings. The molecule has 1 rings (SSSR count). The Kier molecular flexibility index (Phi) is 1.88. The standard InChI is InChI=1S/C7H13NO/c1-5-4-6(8)2-3-7(5)9/h6-7,9H,1-4,8H2/t6-,7+/m1/s1. The average molecular weight is 127 g/mol. The van der Waals surface area contributed by atoms with Crippen molar-refractivity contribution in [2.24, 2.45) is 5.73 Å². The van der Waals surface area contributed by atoms with Crippen molar-refractivity contribution in [3.8, 4) is 0 Å². The highest BCUT2D eigenvalue weighted by molar-refractivity contribution is 5.07. The molecule has 2 heteroatoms. The first kappa shape index (κ1) is 6.78. The van der Waals surface area contributed by atoms with Crippen molar-refractivity contribution in [3.63, 3.8) is 0 Å². The van der Waals surface area contributed by atoms with Crippen LogP contribution < -0.4 is 5.73 Å². The summed E-state index contributed by atoms with van der Waals surface area (Å²) < 4.78 is 0. The third kappa shape index (κ3) is 1.53. The molecule has 0 aromatic heterocycles. The molecule has 1 aliphatic carbocycles. The zero-order valence-corrected chi connectivity index (χ0v) is 5.51. The fourth-order valence-corrected chi connectivity index (χ4v) is 1.15. The van der Waals surface area contributed by atoms with Crippen LogP contribution in [0.3, 0.4) is 0 Å². The normalized spacial score (nSPS) is 36.9. The van der Waals surface area contributed by atoms with Crippen molar-refractivity contribution in [2.45, 2.75) is 31.4 Å². The van der Waals surface area contributed by atoms with Gasteiger partial charge in [-0.05, 0) is 24.8 Å². The third-order valence-corrected chi connectivity index (χ3v) is 1.81. The molecule has 0 heterocycles. The Labute approximate surface area is 55.4 Å². The van der Waals surface area contributed by atoms with Crippen LogP contribution in [0.4, 0.5) is 0 Å². The molecule has 0 radical (unpaired) electrons. The lowest BCUT2D eigenvalue weighted by atomic mass is 9.90. The topological polar surface area (TPSA) is 46.2 Å². The highest BCUT2D eigenvalue weighted by Gasteiger charge is 2.18. The van der Waals surface area contributed by atoms with Crippen LogP contribution >= 0.6 is 0 Å². The molecule has 1 saturated carbocycles. The van der Waals surface area contributed by atoms with E-state index in [0.717, 1.165) is 24.8 Å². The van der Waals surface area contributed by atoms with E-state index in [1.54, 1.807) is 0 Å². The van der Waals surface area contributed by atoms with Crippen LogP contribution in [-0.4, -0.2) is 17.3 Å². The second-order valence-corrected chi connectivity index (χ2v) is 2.72. The summed E-state index contributed by atoms with van der Waals surface area (Å²) in [7, 11) is 0. The molecule has 2 atom stereocenters. The van der Waals surface area contributed by atoms with E-state index in [4.69, 9.17) is 10.8 Å². The molecular weight excluding hydrogens is 114 g/mol. The Bertz CT molecular complexity index is 122. The summed E-state index contributed by atoms with van der Waals surface area (Å²) in [6, 6.07) is 0.237. The molecule has 3 N–H and O–H groups in total. The Morgan fingerprint density at radius 3 is 2.67 bits per heavy atom. The number of hydrogen-bond donors (Lipinski definition) is 2. The average Bonchev–Trinajstić information content (AvgIpc) is 1.80. The van der Waals surface area contributed by atoms with Gasteiger partial charge in [0.25, 0.3) is 0 Å². The van der Waals surface area contributed by atoms with Crippen molar-refractivity contribution in [1.29, 1.82) is 0 Å². The maximum Gasteiger partial charge on any atom is 0.0748 e. The lowest BCUT2D eigenvalue weighted by Crippen LogP contribution is -2.30. The SMILES string of the molecule is C=C1C[C@H](N)CC[C@@H]1O. The molecule has 0 aromatic carbocycles. The van der Waals surface area contributed by atoms with E-state index in [9.17, 15) is 0 Å². The largest absolute Gasteiger partial charge is 0.389 e. The van der Waals surface area contributed by atoms with Crippen molar-refractivity contribution in [1.82, 2.24) is 0 Å². The molecular formula is C7H13NO. The van der Waals surface area contributed by atoms with Gasteiger partial charge in [0.05, 0.1) is 6.10 Å². The van der Waals surface area contributed by atoms with Crippen molar-refractivity contribution < 1.29 is 5.11 Å². The van der Waals surface area contributed by atoms with Crippen LogP contribution in [0.1, 0.15) is 19.3 Å². The van der Waals surface area contributed by atoms with Gasteiger partial charge in [0.15, 0.2) is 0 Å². The number of aliphatic hydroxyl groups excluding tert-OH is 1. The summed E-state index contributed by atoms with van der Waals surface area (Å²) >= 11 is 0. The number of rotatable bonds is 0. The molecule has 0 aliphatic heterocycles. The first-order chi connectivity index (χ1) is 4.20. The molecule has 0 unspecified atom stereocenters. The summed E-state index contributed by atoms with van der Waals surface area (Å²) in [6.45, 7) is 3.72. The fraction of sp³-hybridized carbons (Fsp3) is 0.714. The maximum atomic E-state index is 9.14.